The number of ether oxygens (including phenoxy) is 2. The van der Waals surface area contributed by atoms with Gasteiger partial charge in [-0.25, -0.2) is 4.98 Å². The minimum Gasteiger partial charge on any atom is -0.490 e. The first kappa shape index (κ1) is 20.0. The second-order valence-corrected chi connectivity index (χ2v) is 7.06. The second kappa shape index (κ2) is 9.97. The van der Waals surface area contributed by atoms with E-state index in [0.29, 0.717) is 24.8 Å². The van der Waals surface area contributed by atoms with Gasteiger partial charge in [-0.2, -0.15) is 0 Å². The van der Waals surface area contributed by atoms with Crippen LogP contribution in [0.5, 0.6) is 17.4 Å². The average Bonchev–Trinajstić information content (AvgIpc) is 2.72. The largest absolute Gasteiger partial charge is 0.490 e. The third kappa shape index (κ3) is 5.38. The molecule has 1 fully saturated rings. The number of hydrogen-bond acceptors (Lipinski definition) is 4. The molecule has 6 nitrogen and oxygen atoms in total. The first-order chi connectivity index (χ1) is 13.7. The molecule has 1 aromatic carbocycles. The molecule has 2 aromatic rings. The highest BCUT2D eigenvalue weighted by Crippen LogP contribution is 2.30. The molecule has 0 radical (unpaired) electrons. The molecule has 150 valence electrons. The number of rotatable bonds is 6. The van der Waals surface area contributed by atoms with E-state index in [1.165, 1.54) is 12.8 Å². The molecular weight excluding hydrogens is 352 g/mol. The van der Waals surface area contributed by atoms with Gasteiger partial charge in [-0.05, 0) is 43.4 Å². The summed E-state index contributed by atoms with van der Waals surface area (Å²) < 4.78 is 11.5. The van der Waals surface area contributed by atoms with Crippen LogP contribution in [0.2, 0.25) is 0 Å². The van der Waals surface area contributed by atoms with Crippen molar-refractivity contribution in [1.29, 1.82) is 0 Å². The lowest BCUT2D eigenvalue weighted by Crippen LogP contribution is -2.45. The minimum absolute atomic E-state index is 0.547. The monoisotopic (exact) mass is 382 g/mol. The van der Waals surface area contributed by atoms with Gasteiger partial charge in [0.05, 0.1) is 6.61 Å². The molecule has 28 heavy (non-hydrogen) atoms. The van der Waals surface area contributed by atoms with Crippen molar-refractivity contribution in [2.45, 2.75) is 33.2 Å². The number of para-hydroxylation sites is 2. The van der Waals surface area contributed by atoms with Crippen LogP contribution in [0.3, 0.4) is 0 Å². The zero-order chi connectivity index (χ0) is 19.8. The molecule has 1 saturated heterocycles. The summed E-state index contributed by atoms with van der Waals surface area (Å²) in [4.78, 5) is 11.2. The average molecular weight is 383 g/mol. The summed E-state index contributed by atoms with van der Waals surface area (Å²) in [5.74, 6) is 3.70. The SMILES string of the molecule is CCOc1ccccc1Oc1ccc(CNC(=NC)N2CCC(C)CC2)cn1. The third-order valence-corrected chi connectivity index (χ3v) is 4.91. The van der Waals surface area contributed by atoms with Gasteiger partial charge in [-0.1, -0.05) is 25.1 Å². The lowest BCUT2D eigenvalue weighted by atomic mass is 10.00. The van der Waals surface area contributed by atoms with Crippen molar-refractivity contribution in [3.05, 3.63) is 48.2 Å². The van der Waals surface area contributed by atoms with Crippen LogP contribution in [0.25, 0.3) is 0 Å². The van der Waals surface area contributed by atoms with Crippen molar-refractivity contribution in [3.63, 3.8) is 0 Å². The van der Waals surface area contributed by atoms with Gasteiger partial charge in [-0.3, -0.25) is 4.99 Å². The number of nitrogens with one attached hydrogen (secondary N) is 1. The van der Waals surface area contributed by atoms with Crippen LogP contribution in [0.1, 0.15) is 32.3 Å². The Bertz CT molecular complexity index is 768. The maximum absolute atomic E-state index is 5.88. The van der Waals surface area contributed by atoms with Crippen molar-refractivity contribution < 1.29 is 9.47 Å². The van der Waals surface area contributed by atoms with Gasteiger partial charge >= 0.3 is 0 Å². The van der Waals surface area contributed by atoms with E-state index in [9.17, 15) is 0 Å². The summed E-state index contributed by atoms with van der Waals surface area (Å²) in [5, 5.41) is 3.44. The van der Waals surface area contributed by atoms with Crippen LogP contribution >= 0.6 is 0 Å². The number of nitrogens with zero attached hydrogens (tertiary/aromatic N) is 3. The van der Waals surface area contributed by atoms with Crippen LogP contribution in [0.4, 0.5) is 0 Å². The van der Waals surface area contributed by atoms with E-state index in [4.69, 9.17) is 9.47 Å². The van der Waals surface area contributed by atoms with Gasteiger partial charge < -0.3 is 19.7 Å². The Kier molecular flexibility index (Phi) is 7.12. The first-order valence-electron chi connectivity index (χ1n) is 9.99. The number of aliphatic imine (C=N–C) groups is 1. The standard InChI is InChI=1S/C22H30N4O2/c1-4-27-19-7-5-6-8-20(19)28-21-10-9-18(15-24-21)16-25-22(23-3)26-13-11-17(2)12-14-26/h5-10,15,17H,4,11-14,16H2,1-3H3,(H,23,25). The molecule has 0 bridgehead atoms. The molecule has 2 heterocycles. The molecule has 1 aliphatic heterocycles. The molecule has 0 amide bonds. The molecule has 0 saturated carbocycles. The zero-order valence-electron chi connectivity index (χ0n) is 17.0. The predicted octanol–water partition coefficient (Wildman–Crippen LogP) is 4.08. The van der Waals surface area contributed by atoms with Crippen molar-refractivity contribution in [1.82, 2.24) is 15.2 Å². The number of pyridine rings is 1. The summed E-state index contributed by atoms with van der Waals surface area (Å²) in [6.07, 6.45) is 4.27. The van der Waals surface area contributed by atoms with Crippen LogP contribution in [0.15, 0.2) is 47.6 Å². The van der Waals surface area contributed by atoms with E-state index in [0.717, 1.165) is 36.3 Å². The number of guanidine groups is 1. The molecule has 0 unspecified atom stereocenters. The van der Waals surface area contributed by atoms with Gasteiger partial charge in [0.25, 0.3) is 0 Å². The van der Waals surface area contributed by atoms with Crippen LogP contribution < -0.4 is 14.8 Å². The summed E-state index contributed by atoms with van der Waals surface area (Å²) in [7, 11) is 1.84. The number of aromatic nitrogens is 1. The summed E-state index contributed by atoms with van der Waals surface area (Å²) in [6.45, 7) is 7.66. The predicted molar refractivity (Wildman–Crippen MR) is 112 cm³/mol. The number of benzene rings is 1. The Labute approximate surface area is 167 Å². The van der Waals surface area contributed by atoms with E-state index in [-0.39, 0.29) is 0 Å². The molecule has 0 spiro atoms. The van der Waals surface area contributed by atoms with Gasteiger partial charge in [0.1, 0.15) is 0 Å². The summed E-state index contributed by atoms with van der Waals surface area (Å²) in [5.41, 5.74) is 1.08. The van der Waals surface area contributed by atoms with E-state index in [1.54, 1.807) is 0 Å². The van der Waals surface area contributed by atoms with Gasteiger partial charge in [0, 0.05) is 38.9 Å². The van der Waals surface area contributed by atoms with Crippen LogP contribution in [-0.4, -0.2) is 42.6 Å². The molecule has 0 atom stereocenters. The molecule has 1 N–H and O–H groups in total. The quantitative estimate of drug-likeness (QED) is 0.603. The normalized spacial score (nSPS) is 15.4. The van der Waals surface area contributed by atoms with Crippen LogP contribution in [0, 0.1) is 5.92 Å². The number of likely N-dealkylation sites (tertiary alicyclic amines) is 1. The fraction of sp³-hybridized carbons (Fsp3) is 0.455. The molecular formula is C22H30N4O2. The molecule has 1 aliphatic rings. The highest BCUT2D eigenvalue weighted by Gasteiger charge is 2.18. The van der Waals surface area contributed by atoms with E-state index >= 15 is 0 Å². The minimum atomic E-state index is 0.547. The van der Waals surface area contributed by atoms with Gasteiger partial charge in [0.15, 0.2) is 17.5 Å². The maximum atomic E-state index is 5.88. The lowest BCUT2D eigenvalue weighted by Gasteiger charge is -2.32. The Morgan fingerprint density at radius 2 is 1.93 bits per heavy atom. The van der Waals surface area contributed by atoms with E-state index in [2.05, 4.69) is 27.1 Å². The van der Waals surface area contributed by atoms with Gasteiger partial charge in [0.2, 0.25) is 5.88 Å². The van der Waals surface area contributed by atoms with Crippen molar-refractivity contribution in [3.8, 4) is 17.4 Å². The fourth-order valence-corrected chi connectivity index (χ4v) is 3.23. The third-order valence-electron chi connectivity index (χ3n) is 4.91. The highest BCUT2D eigenvalue weighted by molar-refractivity contribution is 5.79. The van der Waals surface area contributed by atoms with Crippen molar-refractivity contribution in [2.24, 2.45) is 10.9 Å². The fourth-order valence-electron chi connectivity index (χ4n) is 3.23. The van der Waals surface area contributed by atoms with Crippen molar-refractivity contribution in [2.75, 3.05) is 26.7 Å². The highest BCUT2D eigenvalue weighted by atomic mass is 16.5. The summed E-state index contributed by atoms with van der Waals surface area (Å²) >= 11 is 0. The maximum Gasteiger partial charge on any atom is 0.219 e. The Morgan fingerprint density at radius 3 is 2.57 bits per heavy atom. The van der Waals surface area contributed by atoms with E-state index < -0.39 is 0 Å². The Morgan fingerprint density at radius 1 is 1.18 bits per heavy atom. The zero-order valence-corrected chi connectivity index (χ0v) is 17.0. The molecule has 1 aromatic heterocycles. The second-order valence-electron chi connectivity index (χ2n) is 7.06. The Hall–Kier alpha value is -2.76. The molecule has 0 aliphatic carbocycles. The smallest absolute Gasteiger partial charge is 0.219 e. The molecule has 3 rings (SSSR count). The number of hydrogen-bond donors (Lipinski definition) is 1. The van der Waals surface area contributed by atoms with E-state index in [1.807, 2.05) is 56.6 Å². The lowest BCUT2D eigenvalue weighted by molar-refractivity contribution is 0.273. The van der Waals surface area contributed by atoms with Crippen molar-refractivity contribution >= 4 is 5.96 Å². The number of piperidine rings is 1. The van der Waals surface area contributed by atoms with Gasteiger partial charge in [-0.15, -0.1) is 0 Å². The van der Waals surface area contributed by atoms with Crippen LogP contribution in [-0.2, 0) is 6.54 Å². The summed E-state index contributed by atoms with van der Waals surface area (Å²) in [6, 6.07) is 11.5. The molecule has 6 heteroatoms. The first-order valence-corrected chi connectivity index (χ1v) is 9.99. The Balaban J connectivity index is 1.56. The topological polar surface area (TPSA) is 59.0 Å².